The van der Waals surface area contributed by atoms with Crippen LogP contribution < -0.4 is 25.4 Å². The number of hydrogen-bond acceptors (Lipinski definition) is 6. The third-order valence-corrected chi connectivity index (χ3v) is 6.82. The molecule has 0 saturated heterocycles. The second-order valence-electron chi connectivity index (χ2n) is 10.1. The third-order valence-electron chi connectivity index (χ3n) is 6.82. The lowest BCUT2D eigenvalue weighted by Crippen LogP contribution is -2.32. The number of benzene rings is 4. The lowest BCUT2D eigenvalue weighted by Gasteiger charge is -2.25. The fraction of sp³-hybridized carbons (Fsp3) is 0.139. The van der Waals surface area contributed by atoms with Gasteiger partial charge in [-0.2, -0.15) is 0 Å². The van der Waals surface area contributed by atoms with Crippen LogP contribution in [0.3, 0.4) is 0 Å². The summed E-state index contributed by atoms with van der Waals surface area (Å²) in [6, 6.07) is 37.6. The van der Waals surface area contributed by atoms with Crippen molar-refractivity contribution < 1.29 is 19.1 Å². The molecular weight excluding hydrogens is 552 g/mol. The first kappa shape index (κ1) is 30.0. The van der Waals surface area contributed by atoms with E-state index in [1.807, 2.05) is 121 Å². The molecule has 5 rings (SSSR count). The second-order valence-corrected chi connectivity index (χ2v) is 10.1. The van der Waals surface area contributed by atoms with E-state index in [-0.39, 0.29) is 31.2 Å². The summed E-state index contributed by atoms with van der Waals surface area (Å²) < 4.78 is 12.2. The Morgan fingerprint density at radius 1 is 0.705 bits per heavy atom. The van der Waals surface area contributed by atoms with Crippen molar-refractivity contribution in [2.75, 3.05) is 4.90 Å². The van der Waals surface area contributed by atoms with E-state index < -0.39 is 0 Å². The van der Waals surface area contributed by atoms with Crippen molar-refractivity contribution in [3.63, 3.8) is 0 Å². The van der Waals surface area contributed by atoms with Gasteiger partial charge in [-0.05, 0) is 71.8 Å². The predicted octanol–water partition coefficient (Wildman–Crippen LogP) is 6.75. The van der Waals surface area contributed by atoms with Crippen LogP contribution in [0.4, 0.5) is 5.69 Å². The number of hydrogen-bond donors (Lipinski definition) is 2. The zero-order valence-electron chi connectivity index (χ0n) is 24.3. The molecule has 0 aliphatic rings. The van der Waals surface area contributed by atoms with Gasteiger partial charge in [-0.3, -0.25) is 14.6 Å². The minimum atomic E-state index is -0.227. The molecule has 0 radical (unpaired) electrons. The van der Waals surface area contributed by atoms with Crippen molar-refractivity contribution in [3.05, 3.63) is 144 Å². The van der Waals surface area contributed by atoms with Crippen molar-refractivity contribution in [2.45, 2.75) is 32.5 Å². The van der Waals surface area contributed by atoms with Gasteiger partial charge >= 0.3 is 0 Å². The molecule has 0 fully saturated rings. The van der Waals surface area contributed by atoms with Crippen molar-refractivity contribution in [2.24, 2.45) is 5.73 Å². The molecule has 8 heteroatoms. The van der Waals surface area contributed by atoms with Crippen molar-refractivity contribution in [1.82, 2.24) is 10.3 Å². The largest absolute Gasteiger partial charge is 0.457 e. The molecule has 0 bridgehead atoms. The van der Waals surface area contributed by atoms with Gasteiger partial charge in [0.05, 0.1) is 24.5 Å². The SMILES string of the molecule is NCc1cccc(Oc2ccccc2N(Cc2ccc(Oc3ccccc3)cc2)C(=O)CCC(=O)NCc2ccccn2)c1. The van der Waals surface area contributed by atoms with Crippen LogP contribution in [0.5, 0.6) is 23.0 Å². The zero-order valence-corrected chi connectivity index (χ0v) is 24.3. The smallest absolute Gasteiger partial charge is 0.227 e. The summed E-state index contributed by atoms with van der Waals surface area (Å²) >= 11 is 0. The molecule has 44 heavy (non-hydrogen) atoms. The molecule has 0 aliphatic carbocycles. The summed E-state index contributed by atoms with van der Waals surface area (Å²) in [5, 5.41) is 2.84. The van der Waals surface area contributed by atoms with Crippen molar-refractivity contribution >= 4 is 17.5 Å². The summed E-state index contributed by atoms with van der Waals surface area (Å²) in [5.74, 6) is 2.11. The number of rotatable bonds is 13. The first-order valence-electron chi connectivity index (χ1n) is 14.4. The number of para-hydroxylation sites is 3. The number of nitrogens with one attached hydrogen (secondary N) is 1. The van der Waals surface area contributed by atoms with Gasteiger partial charge in [0, 0.05) is 25.6 Å². The Labute approximate surface area is 257 Å². The van der Waals surface area contributed by atoms with Gasteiger partial charge in [-0.25, -0.2) is 0 Å². The highest BCUT2D eigenvalue weighted by atomic mass is 16.5. The van der Waals surface area contributed by atoms with E-state index >= 15 is 0 Å². The Hall–Kier alpha value is -5.47. The number of carbonyl (C=O) groups is 2. The van der Waals surface area contributed by atoms with Crippen LogP contribution in [0.2, 0.25) is 0 Å². The van der Waals surface area contributed by atoms with Gasteiger partial charge in [0.15, 0.2) is 5.75 Å². The van der Waals surface area contributed by atoms with Gasteiger partial charge in [-0.1, -0.05) is 60.7 Å². The van der Waals surface area contributed by atoms with E-state index in [0.29, 0.717) is 36.0 Å². The molecule has 1 aromatic heterocycles. The summed E-state index contributed by atoms with van der Waals surface area (Å²) in [7, 11) is 0. The monoisotopic (exact) mass is 586 g/mol. The van der Waals surface area contributed by atoms with E-state index in [0.717, 1.165) is 22.6 Å². The lowest BCUT2D eigenvalue weighted by atomic mass is 10.1. The summed E-state index contributed by atoms with van der Waals surface area (Å²) in [4.78, 5) is 32.3. The summed E-state index contributed by atoms with van der Waals surface area (Å²) in [6.07, 6.45) is 1.73. The standard InChI is InChI=1S/C36H34N4O4/c37-24-28-9-8-13-32(23-28)44-34-15-5-4-14-33(34)40(36(42)21-20-35(41)39-25-29-10-6-7-22-38-29)26-27-16-18-31(19-17-27)43-30-11-2-1-3-12-30/h1-19,22-23H,20-21,24-26,37H2,(H,39,41). The molecule has 5 aromatic rings. The lowest BCUT2D eigenvalue weighted by molar-refractivity contribution is -0.125. The fourth-order valence-electron chi connectivity index (χ4n) is 4.54. The third kappa shape index (κ3) is 8.53. The number of aromatic nitrogens is 1. The minimum absolute atomic E-state index is 0.0141. The first-order valence-corrected chi connectivity index (χ1v) is 14.4. The molecule has 0 saturated carbocycles. The van der Waals surface area contributed by atoms with Gasteiger partial charge in [0.2, 0.25) is 11.8 Å². The first-order chi connectivity index (χ1) is 21.6. The van der Waals surface area contributed by atoms with E-state index in [1.54, 1.807) is 11.1 Å². The highest BCUT2D eigenvalue weighted by molar-refractivity contribution is 5.96. The number of nitrogens with two attached hydrogens (primary N) is 1. The molecule has 8 nitrogen and oxygen atoms in total. The fourth-order valence-corrected chi connectivity index (χ4v) is 4.54. The maximum Gasteiger partial charge on any atom is 0.227 e. The van der Waals surface area contributed by atoms with E-state index in [9.17, 15) is 9.59 Å². The number of ether oxygens (including phenoxy) is 2. The Morgan fingerprint density at radius 2 is 1.43 bits per heavy atom. The van der Waals surface area contributed by atoms with Gasteiger partial charge in [-0.15, -0.1) is 0 Å². The molecule has 4 aromatic carbocycles. The topological polar surface area (TPSA) is 107 Å². The molecule has 1 heterocycles. The van der Waals surface area contributed by atoms with Crippen LogP contribution in [0.25, 0.3) is 0 Å². The van der Waals surface area contributed by atoms with Crippen molar-refractivity contribution in [3.8, 4) is 23.0 Å². The van der Waals surface area contributed by atoms with Gasteiger partial charge in [0.1, 0.15) is 17.2 Å². The van der Waals surface area contributed by atoms with Crippen LogP contribution in [0, 0.1) is 0 Å². The second kappa shape index (κ2) is 15.1. The molecule has 3 N–H and O–H groups in total. The number of nitrogens with zero attached hydrogens (tertiary/aromatic N) is 2. The number of amides is 2. The molecular formula is C36H34N4O4. The molecule has 0 atom stereocenters. The Morgan fingerprint density at radius 3 is 2.20 bits per heavy atom. The highest BCUT2D eigenvalue weighted by Crippen LogP contribution is 2.34. The predicted molar refractivity (Wildman–Crippen MR) is 170 cm³/mol. The van der Waals surface area contributed by atoms with E-state index in [4.69, 9.17) is 15.2 Å². The zero-order chi connectivity index (χ0) is 30.6. The minimum Gasteiger partial charge on any atom is -0.457 e. The maximum atomic E-state index is 13.8. The van der Waals surface area contributed by atoms with Crippen molar-refractivity contribution in [1.29, 1.82) is 0 Å². The number of carbonyl (C=O) groups excluding carboxylic acids is 2. The molecule has 0 unspecified atom stereocenters. The number of pyridine rings is 1. The van der Waals surface area contributed by atoms with E-state index in [1.165, 1.54) is 0 Å². The van der Waals surface area contributed by atoms with Crippen LogP contribution in [-0.2, 0) is 29.2 Å². The highest BCUT2D eigenvalue weighted by Gasteiger charge is 2.21. The Bertz CT molecular complexity index is 1660. The molecule has 0 spiro atoms. The van der Waals surface area contributed by atoms with Crippen LogP contribution in [0.15, 0.2) is 128 Å². The summed E-state index contributed by atoms with van der Waals surface area (Å²) in [5.41, 5.74) is 8.99. The quantitative estimate of drug-likeness (QED) is 0.158. The number of anilines is 1. The van der Waals surface area contributed by atoms with Gasteiger partial charge < -0.3 is 25.4 Å². The summed E-state index contributed by atoms with van der Waals surface area (Å²) in [6.45, 7) is 0.951. The Balaban J connectivity index is 1.34. The average molecular weight is 587 g/mol. The van der Waals surface area contributed by atoms with Crippen LogP contribution in [-0.4, -0.2) is 16.8 Å². The van der Waals surface area contributed by atoms with E-state index in [2.05, 4.69) is 10.3 Å². The van der Waals surface area contributed by atoms with Gasteiger partial charge in [0.25, 0.3) is 0 Å². The van der Waals surface area contributed by atoms with Crippen LogP contribution >= 0.6 is 0 Å². The normalized spacial score (nSPS) is 10.6. The Kier molecular flexibility index (Phi) is 10.3. The van der Waals surface area contributed by atoms with Crippen LogP contribution in [0.1, 0.15) is 29.7 Å². The molecule has 2 amide bonds. The molecule has 0 aliphatic heterocycles. The molecule has 222 valence electrons. The average Bonchev–Trinajstić information content (AvgIpc) is 3.07. The maximum absolute atomic E-state index is 13.8.